The first kappa shape index (κ1) is 14.1. The summed E-state index contributed by atoms with van der Waals surface area (Å²) >= 11 is 1.34. The average molecular weight is 326 g/mol. The van der Waals surface area contributed by atoms with Crippen LogP contribution in [0, 0.1) is 0 Å². The van der Waals surface area contributed by atoms with Crippen LogP contribution in [-0.4, -0.2) is 32.6 Å². The standard InChI is InChI=1S/C16H14N4O2S/c21-16(22)13-4-3-12(23-13)11-2-1-9-20(11)15-14-10(5-6-19-15)17-7-8-18-14/h3-8,11H,1-2,9H2,(H,21,22). The van der Waals surface area contributed by atoms with Crippen LogP contribution >= 0.6 is 11.3 Å². The number of aromatic nitrogens is 3. The zero-order valence-electron chi connectivity index (χ0n) is 12.2. The van der Waals surface area contributed by atoms with Gasteiger partial charge in [0, 0.05) is 30.0 Å². The molecule has 3 aromatic rings. The van der Waals surface area contributed by atoms with E-state index in [0.29, 0.717) is 4.88 Å². The van der Waals surface area contributed by atoms with Crippen molar-refractivity contribution < 1.29 is 9.90 Å². The van der Waals surface area contributed by atoms with Gasteiger partial charge >= 0.3 is 5.97 Å². The second kappa shape index (κ2) is 5.58. The zero-order valence-corrected chi connectivity index (χ0v) is 13.0. The Kier molecular flexibility index (Phi) is 3.42. The Morgan fingerprint density at radius 2 is 2.04 bits per heavy atom. The number of nitrogens with zero attached hydrogens (tertiary/aromatic N) is 4. The van der Waals surface area contributed by atoms with E-state index in [-0.39, 0.29) is 6.04 Å². The third-order valence-corrected chi connectivity index (χ3v) is 5.23. The van der Waals surface area contributed by atoms with E-state index < -0.39 is 5.97 Å². The quantitative estimate of drug-likeness (QED) is 0.796. The van der Waals surface area contributed by atoms with Crippen molar-refractivity contribution in [2.24, 2.45) is 0 Å². The molecule has 4 heterocycles. The average Bonchev–Trinajstić information content (AvgIpc) is 3.23. The minimum absolute atomic E-state index is 0.146. The molecule has 1 aliphatic heterocycles. The van der Waals surface area contributed by atoms with E-state index >= 15 is 0 Å². The Bertz CT molecular complexity index is 874. The molecule has 0 amide bonds. The smallest absolute Gasteiger partial charge is 0.345 e. The molecule has 6 nitrogen and oxygen atoms in total. The molecule has 3 aromatic heterocycles. The topological polar surface area (TPSA) is 79.2 Å². The predicted octanol–water partition coefficient (Wildman–Crippen LogP) is 3.13. The minimum Gasteiger partial charge on any atom is -0.477 e. The van der Waals surface area contributed by atoms with Gasteiger partial charge in [0.05, 0.1) is 11.6 Å². The molecule has 7 heteroatoms. The largest absolute Gasteiger partial charge is 0.477 e. The highest BCUT2D eigenvalue weighted by Crippen LogP contribution is 2.39. The van der Waals surface area contributed by atoms with Crippen LogP contribution in [0.3, 0.4) is 0 Å². The first-order valence-electron chi connectivity index (χ1n) is 7.39. The molecule has 1 aliphatic rings. The molecule has 0 saturated carbocycles. The van der Waals surface area contributed by atoms with Gasteiger partial charge in [-0.05, 0) is 31.0 Å². The number of carboxylic acid groups (broad SMARTS) is 1. The Balaban J connectivity index is 1.76. The molecule has 0 aliphatic carbocycles. The van der Waals surface area contributed by atoms with Crippen LogP contribution in [-0.2, 0) is 0 Å². The van der Waals surface area contributed by atoms with Gasteiger partial charge in [-0.25, -0.2) is 14.8 Å². The predicted molar refractivity (Wildman–Crippen MR) is 87.9 cm³/mol. The molecular formula is C16H14N4O2S. The maximum atomic E-state index is 11.1. The number of carboxylic acids is 1. The third kappa shape index (κ3) is 2.43. The number of thiophene rings is 1. The van der Waals surface area contributed by atoms with Gasteiger partial charge in [0.2, 0.25) is 0 Å². The van der Waals surface area contributed by atoms with Crippen molar-refractivity contribution in [3.8, 4) is 0 Å². The van der Waals surface area contributed by atoms with Crippen molar-refractivity contribution in [1.29, 1.82) is 0 Å². The Morgan fingerprint density at radius 3 is 2.87 bits per heavy atom. The number of carbonyl (C=O) groups is 1. The third-order valence-electron chi connectivity index (χ3n) is 4.06. The van der Waals surface area contributed by atoms with Crippen LogP contribution in [0.15, 0.2) is 36.8 Å². The summed E-state index contributed by atoms with van der Waals surface area (Å²) in [7, 11) is 0. The fourth-order valence-corrected chi connectivity index (χ4v) is 4.05. The summed E-state index contributed by atoms with van der Waals surface area (Å²) in [5, 5.41) is 9.13. The van der Waals surface area contributed by atoms with Gasteiger partial charge < -0.3 is 10.0 Å². The molecule has 0 aromatic carbocycles. The van der Waals surface area contributed by atoms with Crippen molar-refractivity contribution >= 4 is 34.2 Å². The molecular weight excluding hydrogens is 312 g/mol. The van der Waals surface area contributed by atoms with E-state index in [1.807, 2.05) is 12.1 Å². The lowest BCUT2D eigenvalue weighted by Crippen LogP contribution is -2.23. The van der Waals surface area contributed by atoms with Crippen LogP contribution in [0.25, 0.3) is 11.0 Å². The lowest BCUT2D eigenvalue weighted by molar-refractivity contribution is 0.0702. The number of pyridine rings is 1. The number of hydrogen-bond acceptors (Lipinski definition) is 6. The number of fused-ring (bicyclic) bond motifs is 1. The summed E-state index contributed by atoms with van der Waals surface area (Å²) in [4.78, 5) is 28.1. The lowest BCUT2D eigenvalue weighted by Gasteiger charge is -2.25. The Labute approximate surface area is 136 Å². The fourth-order valence-electron chi connectivity index (χ4n) is 3.06. The van der Waals surface area contributed by atoms with E-state index in [4.69, 9.17) is 5.11 Å². The van der Waals surface area contributed by atoms with E-state index in [9.17, 15) is 4.79 Å². The van der Waals surface area contributed by atoms with Crippen LogP contribution < -0.4 is 4.90 Å². The highest BCUT2D eigenvalue weighted by Gasteiger charge is 2.30. The molecule has 1 fully saturated rings. The molecule has 1 saturated heterocycles. The van der Waals surface area contributed by atoms with Crippen LogP contribution in [0.1, 0.15) is 33.4 Å². The van der Waals surface area contributed by atoms with Crippen LogP contribution in [0.4, 0.5) is 5.82 Å². The minimum atomic E-state index is -0.875. The summed E-state index contributed by atoms with van der Waals surface area (Å²) < 4.78 is 0. The summed E-state index contributed by atoms with van der Waals surface area (Å²) in [5.41, 5.74) is 1.61. The molecule has 116 valence electrons. The molecule has 0 bridgehead atoms. The van der Waals surface area contributed by atoms with Crippen molar-refractivity contribution in [3.63, 3.8) is 0 Å². The van der Waals surface area contributed by atoms with Gasteiger partial charge in [-0.1, -0.05) is 0 Å². The maximum absolute atomic E-state index is 11.1. The Morgan fingerprint density at radius 1 is 1.17 bits per heavy atom. The van der Waals surface area contributed by atoms with Gasteiger partial charge in [-0.2, -0.15) is 0 Å². The van der Waals surface area contributed by atoms with Gasteiger partial charge in [-0.15, -0.1) is 11.3 Å². The van der Waals surface area contributed by atoms with E-state index in [1.165, 1.54) is 11.3 Å². The van der Waals surface area contributed by atoms with Crippen molar-refractivity contribution in [2.45, 2.75) is 18.9 Å². The van der Waals surface area contributed by atoms with E-state index in [2.05, 4.69) is 19.9 Å². The second-order valence-electron chi connectivity index (χ2n) is 5.42. The van der Waals surface area contributed by atoms with Crippen molar-refractivity contribution in [3.05, 3.63) is 46.5 Å². The summed E-state index contributed by atoms with van der Waals surface area (Å²) in [6, 6.07) is 5.58. The van der Waals surface area contributed by atoms with E-state index in [0.717, 1.165) is 41.1 Å². The Hall–Kier alpha value is -2.54. The SMILES string of the molecule is O=C(O)c1ccc(C2CCCN2c2nccc3nccnc23)s1. The molecule has 1 N–H and O–H groups in total. The maximum Gasteiger partial charge on any atom is 0.345 e. The number of rotatable bonds is 3. The summed E-state index contributed by atoms with van der Waals surface area (Å²) in [5.74, 6) is -0.0525. The van der Waals surface area contributed by atoms with E-state index in [1.54, 1.807) is 24.7 Å². The molecule has 1 unspecified atom stereocenters. The normalized spacial score (nSPS) is 17.7. The number of hydrogen-bond donors (Lipinski definition) is 1. The molecule has 0 spiro atoms. The van der Waals surface area contributed by atoms with Crippen LogP contribution in [0.2, 0.25) is 0 Å². The van der Waals surface area contributed by atoms with Gasteiger partial charge in [0.15, 0.2) is 5.82 Å². The van der Waals surface area contributed by atoms with Crippen molar-refractivity contribution in [2.75, 3.05) is 11.4 Å². The molecule has 0 radical (unpaired) electrons. The van der Waals surface area contributed by atoms with Gasteiger partial charge in [0.25, 0.3) is 0 Å². The summed E-state index contributed by atoms with van der Waals surface area (Å²) in [6.07, 6.45) is 7.12. The summed E-state index contributed by atoms with van der Waals surface area (Å²) in [6.45, 7) is 0.883. The first-order valence-corrected chi connectivity index (χ1v) is 8.21. The number of anilines is 1. The highest BCUT2D eigenvalue weighted by atomic mass is 32.1. The lowest BCUT2D eigenvalue weighted by atomic mass is 10.2. The monoisotopic (exact) mass is 326 g/mol. The number of aromatic carboxylic acids is 1. The fraction of sp³-hybridized carbons (Fsp3) is 0.250. The first-order chi connectivity index (χ1) is 11.2. The second-order valence-corrected chi connectivity index (χ2v) is 6.53. The zero-order chi connectivity index (χ0) is 15.8. The van der Waals surface area contributed by atoms with Crippen LogP contribution in [0.5, 0.6) is 0 Å². The highest BCUT2D eigenvalue weighted by molar-refractivity contribution is 7.14. The van der Waals surface area contributed by atoms with Crippen molar-refractivity contribution in [1.82, 2.24) is 15.0 Å². The molecule has 1 atom stereocenters. The molecule has 4 rings (SSSR count). The molecule has 23 heavy (non-hydrogen) atoms. The van der Waals surface area contributed by atoms with Gasteiger partial charge in [-0.3, -0.25) is 4.98 Å². The van der Waals surface area contributed by atoms with Gasteiger partial charge in [0.1, 0.15) is 10.4 Å².